The van der Waals surface area contributed by atoms with Crippen molar-refractivity contribution < 1.29 is 19.8 Å². The van der Waals surface area contributed by atoms with E-state index in [4.69, 9.17) is 16.7 Å². The summed E-state index contributed by atoms with van der Waals surface area (Å²) in [6.07, 6.45) is -0.776. The molecule has 1 saturated heterocycles. The van der Waals surface area contributed by atoms with Gasteiger partial charge in [-0.05, 0) is 34.1 Å². The van der Waals surface area contributed by atoms with Crippen molar-refractivity contribution in [3.05, 3.63) is 33.3 Å². The van der Waals surface area contributed by atoms with Gasteiger partial charge in [0.05, 0.1) is 11.7 Å². The summed E-state index contributed by atoms with van der Waals surface area (Å²) in [6, 6.07) is 3.71. The average molecular weight is 349 g/mol. The molecule has 2 N–H and O–H groups in total. The molecule has 1 amide bonds. The molecule has 0 aromatic heterocycles. The van der Waals surface area contributed by atoms with E-state index >= 15 is 0 Å². The lowest BCUT2D eigenvalue weighted by atomic mass is 10.1. The quantitative estimate of drug-likeness (QED) is 0.854. The molecule has 1 aromatic carbocycles. The Kier molecular flexibility index (Phi) is 4.13. The molecular weight excluding hydrogens is 337 g/mol. The number of carbonyl (C=O) groups is 2. The normalized spacial score (nSPS) is 22.6. The lowest BCUT2D eigenvalue weighted by Gasteiger charge is -2.21. The number of rotatable bonds is 2. The van der Waals surface area contributed by atoms with Gasteiger partial charge >= 0.3 is 5.97 Å². The van der Waals surface area contributed by atoms with Crippen LogP contribution in [0.2, 0.25) is 5.02 Å². The molecule has 19 heavy (non-hydrogen) atoms. The Hall–Kier alpha value is -1.11. The molecule has 5 nitrogen and oxygen atoms in total. The van der Waals surface area contributed by atoms with Gasteiger partial charge in [-0.3, -0.25) is 4.79 Å². The van der Waals surface area contributed by atoms with Crippen molar-refractivity contribution >= 4 is 39.4 Å². The topological polar surface area (TPSA) is 77.8 Å². The maximum atomic E-state index is 12.3. The van der Waals surface area contributed by atoms with Crippen molar-refractivity contribution in [3.8, 4) is 0 Å². The fourth-order valence-electron chi connectivity index (χ4n) is 2.09. The SMILES string of the molecule is O=C(O)[C@@H]1C[C@@H](O)CN1C(=O)c1cc(Cl)ccc1Br. The summed E-state index contributed by atoms with van der Waals surface area (Å²) in [4.78, 5) is 24.6. The molecule has 2 rings (SSSR count). The van der Waals surface area contributed by atoms with Gasteiger partial charge in [-0.1, -0.05) is 11.6 Å². The summed E-state index contributed by atoms with van der Waals surface area (Å²) in [7, 11) is 0. The van der Waals surface area contributed by atoms with E-state index in [0.29, 0.717) is 9.50 Å². The fraction of sp³-hybridized carbons (Fsp3) is 0.333. The third-order valence-corrected chi connectivity index (χ3v) is 3.91. The zero-order valence-electron chi connectivity index (χ0n) is 9.72. The van der Waals surface area contributed by atoms with Crippen molar-refractivity contribution in [1.82, 2.24) is 4.90 Å². The zero-order chi connectivity index (χ0) is 14.2. The van der Waals surface area contributed by atoms with Crippen LogP contribution in [0.15, 0.2) is 22.7 Å². The van der Waals surface area contributed by atoms with E-state index in [2.05, 4.69) is 15.9 Å². The highest BCUT2D eigenvalue weighted by Crippen LogP contribution is 2.26. The Labute approximate surface area is 122 Å². The van der Waals surface area contributed by atoms with Crippen molar-refractivity contribution in [1.29, 1.82) is 0 Å². The first-order valence-corrected chi connectivity index (χ1v) is 6.74. The third kappa shape index (κ3) is 2.91. The van der Waals surface area contributed by atoms with Crippen LogP contribution in [0.4, 0.5) is 0 Å². The molecular formula is C12H11BrClNO4. The van der Waals surface area contributed by atoms with E-state index in [1.165, 1.54) is 6.07 Å². The van der Waals surface area contributed by atoms with Crippen LogP contribution in [0.5, 0.6) is 0 Å². The van der Waals surface area contributed by atoms with Crippen LogP contribution in [-0.4, -0.2) is 45.7 Å². The molecule has 0 radical (unpaired) electrons. The molecule has 0 spiro atoms. The minimum Gasteiger partial charge on any atom is -0.480 e. The number of amides is 1. The maximum Gasteiger partial charge on any atom is 0.326 e. The number of hydrogen-bond donors (Lipinski definition) is 2. The minimum absolute atomic E-state index is 0.00868. The average Bonchev–Trinajstić information content (AvgIpc) is 2.74. The highest BCUT2D eigenvalue weighted by Gasteiger charge is 2.39. The molecule has 1 fully saturated rings. The van der Waals surface area contributed by atoms with Gasteiger partial charge in [0, 0.05) is 22.5 Å². The van der Waals surface area contributed by atoms with Crippen molar-refractivity contribution in [2.24, 2.45) is 0 Å². The van der Waals surface area contributed by atoms with Crippen LogP contribution < -0.4 is 0 Å². The van der Waals surface area contributed by atoms with Crippen molar-refractivity contribution in [2.75, 3.05) is 6.54 Å². The van der Waals surface area contributed by atoms with Gasteiger partial charge < -0.3 is 15.1 Å². The molecule has 1 aliphatic rings. The van der Waals surface area contributed by atoms with Gasteiger partial charge in [-0.25, -0.2) is 4.79 Å². The van der Waals surface area contributed by atoms with Crippen molar-refractivity contribution in [3.63, 3.8) is 0 Å². The summed E-state index contributed by atoms with van der Waals surface area (Å²) >= 11 is 9.07. The first kappa shape index (κ1) is 14.3. The Morgan fingerprint density at radius 2 is 2.11 bits per heavy atom. The first-order chi connectivity index (χ1) is 8.90. The number of β-amino-alcohol motifs (C(OH)–C–C–N with tert-alkyl or cyclic N) is 1. The largest absolute Gasteiger partial charge is 0.480 e. The van der Waals surface area contributed by atoms with E-state index in [1.54, 1.807) is 12.1 Å². The number of nitrogens with zero attached hydrogens (tertiary/aromatic N) is 1. The zero-order valence-corrected chi connectivity index (χ0v) is 12.1. The Bertz CT molecular complexity index is 536. The number of hydrogen-bond acceptors (Lipinski definition) is 3. The summed E-state index contributed by atoms with van der Waals surface area (Å²) in [5, 5.41) is 19.0. The van der Waals surface area contributed by atoms with Gasteiger partial charge in [0.15, 0.2) is 0 Å². The maximum absolute atomic E-state index is 12.3. The summed E-state index contributed by atoms with van der Waals surface area (Å²) in [6.45, 7) is 0.00868. The summed E-state index contributed by atoms with van der Waals surface area (Å²) < 4.78 is 0.535. The van der Waals surface area contributed by atoms with Gasteiger partial charge in [0.2, 0.25) is 0 Å². The number of likely N-dealkylation sites (tertiary alicyclic amines) is 1. The van der Waals surface area contributed by atoms with Gasteiger partial charge in [-0.2, -0.15) is 0 Å². The lowest BCUT2D eigenvalue weighted by Crippen LogP contribution is -2.40. The molecule has 0 unspecified atom stereocenters. The predicted molar refractivity (Wildman–Crippen MR) is 72.2 cm³/mol. The molecule has 7 heteroatoms. The first-order valence-electron chi connectivity index (χ1n) is 5.57. The van der Waals surface area contributed by atoms with Crippen molar-refractivity contribution in [2.45, 2.75) is 18.6 Å². The van der Waals surface area contributed by atoms with E-state index in [9.17, 15) is 14.7 Å². The molecule has 102 valence electrons. The highest BCUT2D eigenvalue weighted by atomic mass is 79.9. The van der Waals surface area contributed by atoms with Gasteiger partial charge in [0.1, 0.15) is 6.04 Å². The second-order valence-electron chi connectivity index (χ2n) is 4.33. The molecule has 1 aliphatic heterocycles. The number of aliphatic hydroxyl groups is 1. The van der Waals surface area contributed by atoms with E-state index in [-0.39, 0.29) is 18.5 Å². The molecule has 1 heterocycles. The number of carbonyl (C=O) groups excluding carboxylic acids is 1. The number of halogens is 2. The van der Waals surface area contributed by atoms with E-state index in [0.717, 1.165) is 4.90 Å². The third-order valence-electron chi connectivity index (χ3n) is 2.98. The number of benzene rings is 1. The second kappa shape index (κ2) is 5.48. The summed E-state index contributed by atoms with van der Waals surface area (Å²) in [5.41, 5.74) is 0.285. The van der Waals surface area contributed by atoms with Gasteiger partial charge in [-0.15, -0.1) is 0 Å². The van der Waals surface area contributed by atoms with E-state index in [1.807, 2.05) is 0 Å². The number of carboxylic acid groups (broad SMARTS) is 1. The predicted octanol–water partition coefficient (Wildman–Crippen LogP) is 1.76. The summed E-state index contributed by atoms with van der Waals surface area (Å²) in [5.74, 6) is -1.58. The monoisotopic (exact) mass is 347 g/mol. The molecule has 2 atom stereocenters. The van der Waals surface area contributed by atoms with Crippen LogP contribution in [0, 0.1) is 0 Å². The number of aliphatic hydroxyl groups excluding tert-OH is 1. The Morgan fingerprint density at radius 3 is 2.74 bits per heavy atom. The second-order valence-corrected chi connectivity index (χ2v) is 5.62. The fourth-order valence-corrected chi connectivity index (χ4v) is 2.68. The standard InChI is InChI=1S/C12H11BrClNO4/c13-9-2-1-6(14)3-8(9)11(17)15-5-7(16)4-10(15)12(18)19/h1-3,7,10,16H,4-5H2,(H,18,19)/t7-,10+/m1/s1. The highest BCUT2D eigenvalue weighted by molar-refractivity contribution is 9.10. The van der Waals surface area contributed by atoms with Gasteiger partial charge in [0.25, 0.3) is 5.91 Å². The molecule has 0 bridgehead atoms. The Morgan fingerprint density at radius 1 is 1.42 bits per heavy atom. The number of aliphatic carboxylic acids is 1. The minimum atomic E-state index is -1.12. The van der Waals surface area contributed by atoms with Crippen LogP contribution in [0.3, 0.4) is 0 Å². The lowest BCUT2D eigenvalue weighted by molar-refractivity contribution is -0.141. The van der Waals surface area contributed by atoms with Crippen LogP contribution in [-0.2, 0) is 4.79 Å². The smallest absolute Gasteiger partial charge is 0.326 e. The number of carboxylic acids is 1. The molecule has 1 aromatic rings. The van der Waals surface area contributed by atoms with Crippen LogP contribution in [0.1, 0.15) is 16.8 Å². The molecule has 0 aliphatic carbocycles. The van der Waals surface area contributed by atoms with Crippen LogP contribution >= 0.6 is 27.5 Å². The van der Waals surface area contributed by atoms with Crippen LogP contribution in [0.25, 0.3) is 0 Å². The van der Waals surface area contributed by atoms with E-state index < -0.39 is 24.0 Å². The molecule has 0 saturated carbocycles. The Balaban J connectivity index is 2.33.